The molecule has 176 valence electrons. The minimum atomic E-state index is -0.787. The van der Waals surface area contributed by atoms with Crippen LogP contribution in [0.25, 0.3) is 0 Å². The highest BCUT2D eigenvalue weighted by molar-refractivity contribution is 7.99. The number of benzene rings is 1. The first kappa shape index (κ1) is 24.3. The van der Waals surface area contributed by atoms with Crippen molar-refractivity contribution in [3.63, 3.8) is 0 Å². The lowest BCUT2D eigenvalue weighted by Gasteiger charge is -2.22. The zero-order valence-electron chi connectivity index (χ0n) is 18.3. The zero-order valence-corrected chi connectivity index (χ0v) is 19.2. The molecule has 0 unspecified atom stereocenters. The molecule has 1 aromatic heterocycles. The first-order valence-electron chi connectivity index (χ1n) is 10.7. The van der Waals surface area contributed by atoms with E-state index in [-0.39, 0.29) is 29.0 Å². The fourth-order valence-corrected chi connectivity index (χ4v) is 4.15. The lowest BCUT2D eigenvalue weighted by atomic mass is 9.96. The molecule has 11 heteroatoms. The zero-order chi connectivity index (χ0) is 23.6. The fourth-order valence-electron chi connectivity index (χ4n) is 3.42. The number of thioether (sulfide) groups is 1. The number of ether oxygens (including phenoxy) is 1. The number of anilines is 1. The Hall–Kier alpha value is -3.34. The number of hydrogen-bond donors (Lipinski definition) is 3. The van der Waals surface area contributed by atoms with Gasteiger partial charge in [0, 0.05) is 25.5 Å². The van der Waals surface area contributed by atoms with Crippen LogP contribution in [0.2, 0.25) is 0 Å². The summed E-state index contributed by atoms with van der Waals surface area (Å²) < 4.78 is 6.83. The number of imidazole rings is 1. The Balaban J connectivity index is 1.46. The Morgan fingerprint density at radius 1 is 1.12 bits per heavy atom. The Kier molecular flexibility index (Phi) is 8.87. The van der Waals surface area contributed by atoms with Crippen LogP contribution < -0.4 is 16.0 Å². The molecule has 0 aliphatic heterocycles. The first-order valence-corrected chi connectivity index (χ1v) is 11.7. The molecular formula is C22H27N5O5S. The molecule has 1 aliphatic carbocycles. The highest BCUT2D eigenvalue weighted by Gasteiger charge is 2.19. The van der Waals surface area contributed by atoms with Crippen molar-refractivity contribution in [3.05, 3.63) is 42.2 Å². The van der Waals surface area contributed by atoms with Crippen molar-refractivity contribution in [2.75, 3.05) is 17.7 Å². The maximum absolute atomic E-state index is 12.5. The topological polar surface area (TPSA) is 131 Å². The average molecular weight is 474 g/mol. The van der Waals surface area contributed by atoms with E-state index in [4.69, 9.17) is 4.74 Å². The van der Waals surface area contributed by atoms with Gasteiger partial charge in [-0.15, -0.1) is 0 Å². The summed E-state index contributed by atoms with van der Waals surface area (Å²) in [4.78, 5) is 52.9. The maximum Gasteiger partial charge on any atom is 0.340 e. The summed E-state index contributed by atoms with van der Waals surface area (Å²) in [5, 5.41) is 8.29. The number of carbonyl (C=O) groups is 4. The van der Waals surface area contributed by atoms with Gasteiger partial charge in [-0.25, -0.2) is 14.6 Å². The number of nitrogens with zero attached hydrogens (tertiary/aromatic N) is 2. The van der Waals surface area contributed by atoms with Gasteiger partial charge in [0.05, 0.1) is 17.0 Å². The lowest BCUT2D eigenvalue weighted by Crippen LogP contribution is -2.46. The van der Waals surface area contributed by atoms with Crippen molar-refractivity contribution in [2.24, 2.45) is 7.05 Å². The molecule has 0 atom stereocenters. The molecule has 0 bridgehead atoms. The number of imide groups is 1. The second-order valence-electron chi connectivity index (χ2n) is 7.64. The molecule has 4 amide bonds. The number of urea groups is 1. The normalized spacial score (nSPS) is 13.7. The third-order valence-corrected chi connectivity index (χ3v) is 6.12. The van der Waals surface area contributed by atoms with Crippen LogP contribution in [0.4, 0.5) is 10.5 Å². The molecule has 1 heterocycles. The molecule has 3 rings (SSSR count). The third-order valence-electron chi connectivity index (χ3n) is 5.06. The number of aromatic nitrogens is 2. The van der Waals surface area contributed by atoms with E-state index in [9.17, 15) is 19.2 Å². The van der Waals surface area contributed by atoms with Crippen LogP contribution in [0, 0.1) is 0 Å². The number of amides is 4. The van der Waals surface area contributed by atoms with E-state index in [0.717, 1.165) is 32.1 Å². The molecule has 10 nitrogen and oxygen atoms in total. The van der Waals surface area contributed by atoms with Gasteiger partial charge in [-0.05, 0) is 25.0 Å². The summed E-state index contributed by atoms with van der Waals surface area (Å²) in [6, 6.07) is 5.79. The third kappa shape index (κ3) is 7.63. The van der Waals surface area contributed by atoms with E-state index < -0.39 is 24.5 Å². The van der Waals surface area contributed by atoms with Gasteiger partial charge in [0.1, 0.15) is 0 Å². The Labute approximate surface area is 195 Å². The van der Waals surface area contributed by atoms with Gasteiger partial charge in [-0.2, -0.15) is 0 Å². The van der Waals surface area contributed by atoms with Gasteiger partial charge in [0.15, 0.2) is 11.8 Å². The molecule has 0 saturated heterocycles. The number of hydrogen-bond acceptors (Lipinski definition) is 7. The number of carbonyl (C=O) groups excluding carboxylic acids is 4. The van der Waals surface area contributed by atoms with E-state index in [1.165, 1.54) is 17.8 Å². The molecule has 1 saturated carbocycles. The molecular weight excluding hydrogens is 446 g/mol. The number of nitrogens with one attached hydrogen (secondary N) is 3. The van der Waals surface area contributed by atoms with Gasteiger partial charge in [-0.1, -0.05) is 43.2 Å². The van der Waals surface area contributed by atoms with Crippen LogP contribution in [-0.4, -0.2) is 51.8 Å². The molecule has 1 fully saturated rings. The Bertz CT molecular complexity index is 1000. The van der Waals surface area contributed by atoms with Crippen molar-refractivity contribution in [2.45, 2.75) is 43.3 Å². The Morgan fingerprint density at radius 2 is 1.88 bits per heavy atom. The fraction of sp³-hybridized carbons (Fsp3) is 0.409. The summed E-state index contributed by atoms with van der Waals surface area (Å²) in [7, 11) is 1.83. The smallest absolute Gasteiger partial charge is 0.340 e. The van der Waals surface area contributed by atoms with Crippen LogP contribution in [0.1, 0.15) is 42.5 Å². The van der Waals surface area contributed by atoms with Crippen LogP contribution in [0.5, 0.6) is 0 Å². The van der Waals surface area contributed by atoms with Gasteiger partial charge >= 0.3 is 12.0 Å². The first-order chi connectivity index (χ1) is 15.9. The summed E-state index contributed by atoms with van der Waals surface area (Å²) in [5.74, 6) is -1.73. The van der Waals surface area contributed by atoms with Crippen LogP contribution >= 0.6 is 11.8 Å². The van der Waals surface area contributed by atoms with Crippen molar-refractivity contribution >= 4 is 41.3 Å². The van der Waals surface area contributed by atoms with E-state index in [2.05, 4.69) is 20.9 Å². The minimum Gasteiger partial charge on any atom is -0.452 e. The number of esters is 1. The predicted octanol–water partition coefficient (Wildman–Crippen LogP) is 2.47. The van der Waals surface area contributed by atoms with Crippen LogP contribution in [-0.2, 0) is 21.4 Å². The molecule has 1 aromatic carbocycles. The summed E-state index contributed by atoms with van der Waals surface area (Å²) >= 11 is 1.26. The minimum absolute atomic E-state index is 0.0557. The molecule has 3 N–H and O–H groups in total. The van der Waals surface area contributed by atoms with Crippen molar-refractivity contribution in [3.8, 4) is 0 Å². The van der Waals surface area contributed by atoms with E-state index in [1.807, 2.05) is 7.05 Å². The standard InChI is InChI=1S/C22H27N5O5S/c1-27-12-11-23-22(27)33-14-19(29)25-17-10-6-5-9-16(17)20(30)32-13-18(28)26-21(31)24-15-7-3-2-4-8-15/h5-6,9-12,15H,2-4,7-8,13-14H2,1H3,(H,25,29)(H2,24,26,28,31). The van der Waals surface area contributed by atoms with Crippen molar-refractivity contribution in [1.82, 2.24) is 20.2 Å². The number of para-hydroxylation sites is 1. The molecule has 33 heavy (non-hydrogen) atoms. The quantitative estimate of drug-likeness (QED) is 0.396. The van der Waals surface area contributed by atoms with E-state index >= 15 is 0 Å². The SMILES string of the molecule is Cn1ccnc1SCC(=O)Nc1ccccc1C(=O)OCC(=O)NC(=O)NC1CCCCC1. The number of rotatable bonds is 8. The van der Waals surface area contributed by atoms with Crippen LogP contribution in [0.15, 0.2) is 41.8 Å². The molecule has 1 aliphatic rings. The second-order valence-corrected chi connectivity index (χ2v) is 8.58. The largest absolute Gasteiger partial charge is 0.452 e. The van der Waals surface area contributed by atoms with E-state index in [0.29, 0.717) is 5.16 Å². The summed E-state index contributed by atoms with van der Waals surface area (Å²) in [5.41, 5.74) is 0.371. The van der Waals surface area contributed by atoms with E-state index in [1.54, 1.807) is 35.2 Å². The second kappa shape index (κ2) is 12.0. The van der Waals surface area contributed by atoms with Crippen LogP contribution in [0.3, 0.4) is 0 Å². The maximum atomic E-state index is 12.5. The highest BCUT2D eigenvalue weighted by Crippen LogP contribution is 2.19. The molecule has 0 radical (unpaired) electrons. The monoisotopic (exact) mass is 473 g/mol. The predicted molar refractivity (Wildman–Crippen MR) is 123 cm³/mol. The van der Waals surface area contributed by atoms with Gasteiger partial charge in [0.2, 0.25) is 5.91 Å². The molecule has 0 spiro atoms. The summed E-state index contributed by atoms with van der Waals surface area (Å²) in [6.45, 7) is -0.617. The average Bonchev–Trinajstić information content (AvgIpc) is 3.21. The lowest BCUT2D eigenvalue weighted by molar-refractivity contribution is -0.123. The van der Waals surface area contributed by atoms with Gasteiger partial charge in [-0.3, -0.25) is 14.9 Å². The number of aryl methyl sites for hydroxylation is 1. The van der Waals surface area contributed by atoms with Crippen molar-refractivity contribution < 1.29 is 23.9 Å². The molecule has 2 aromatic rings. The Morgan fingerprint density at radius 3 is 2.61 bits per heavy atom. The van der Waals surface area contributed by atoms with Gasteiger partial charge in [0.25, 0.3) is 5.91 Å². The summed E-state index contributed by atoms with van der Waals surface area (Å²) in [6.07, 6.45) is 8.45. The van der Waals surface area contributed by atoms with Crippen molar-refractivity contribution in [1.29, 1.82) is 0 Å². The van der Waals surface area contributed by atoms with Gasteiger partial charge < -0.3 is 19.9 Å². The highest BCUT2D eigenvalue weighted by atomic mass is 32.2.